The van der Waals surface area contributed by atoms with Gasteiger partial charge in [0.2, 0.25) is 0 Å². The molecule has 0 amide bonds. The fourth-order valence-electron chi connectivity index (χ4n) is 1.42. The van der Waals surface area contributed by atoms with Crippen LogP contribution in [0.25, 0.3) is 0 Å². The number of nitrogens with two attached hydrogens (primary N) is 1. The van der Waals surface area contributed by atoms with E-state index in [1.807, 2.05) is 52.0 Å². The lowest BCUT2D eigenvalue weighted by Gasteiger charge is -2.00. The van der Waals surface area contributed by atoms with Crippen molar-refractivity contribution in [1.29, 1.82) is 0 Å². The fourth-order valence-corrected chi connectivity index (χ4v) is 1.71. The number of phenolic OH excluding ortho intramolecular Hbond substituents is 1. The molecule has 4 atom stereocenters. The van der Waals surface area contributed by atoms with Crippen LogP contribution >= 0.6 is 35.9 Å². The summed E-state index contributed by atoms with van der Waals surface area (Å²) in [6.45, 7) is 10.4. The minimum atomic E-state index is -0.199. The maximum Gasteiger partial charge on any atom is 0.173 e. The van der Waals surface area contributed by atoms with Crippen molar-refractivity contribution in [2.45, 2.75) is 104 Å². The quantitative estimate of drug-likeness (QED) is 0.231. The molecule has 2 aromatic carbocycles. The van der Waals surface area contributed by atoms with Gasteiger partial charge in [0.1, 0.15) is 5.75 Å². The van der Waals surface area contributed by atoms with Crippen molar-refractivity contribution >= 4 is 35.9 Å². The number of para-hydroxylation sites is 1. The standard InChI is InChI=1S/C9H11OP.C6H6O.C2H6NOP.C2H7OP.C2H6.7CH4.FH.H3N.H3OP.2H2/c1-8(11-10)7-9-5-3-2-4-6-9;7-6-4-2-1-3-5-6;1-2(3)5-4;1-2-3-4;1-2;;;;;;;;;;1-2;;/h2-6,8H,7H2,1H3;1-5,7H;2H,3H2,1H3;2,4H2,1H3;1-2H3;7*1H4;1H;1H3;1H,2H2;2*1H/i;;;;;6*1T;;;;;2*1+1. The summed E-state index contributed by atoms with van der Waals surface area (Å²) in [6.07, 6.45) is 0.895. The Bertz CT molecular complexity index is 623. The molecule has 0 saturated heterocycles. The van der Waals surface area contributed by atoms with E-state index in [1.165, 1.54) is 59.4 Å². The molecular weight excluding hydrogens is 587 g/mol. The third-order valence-electron chi connectivity index (χ3n) is 2.64. The minimum Gasteiger partial charge on any atom is -0.508 e. The van der Waals surface area contributed by atoms with Crippen molar-refractivity contribution < 1.29 is 39.4 Å². The number of benzene rings is 2. The predicted molar refractivity (Wildman–Crippen MR) is 200 cm³/mol. The molecule has 4 unspecified atom stereocenters. The number of halogens is 1. The van der Waals surface area contributed by atoms with Crippen LogP contribution < -0.4 is 11.9 Å². The van der Waals surface area contributed by atoms with E-state index in [0.717, 1.165) is 13.0 Å². The number of aromatic hydroxyl groups is 1. The van der Waals surface area contributed by atoms with E-state index in [4.69, 9.17) is 24.0 Å². The number of phenols is 1. The van der Waals surface area contributed by atoms with Gasteiger partial charge >= 0.3 is 0 Å². The lowest BCUT2D eigenvalue weighted by molar-refractivity contribution is 0.400. The van der Waals surface area contributed by atoms with Crippen LogP contribution in [0.3, 0.4) is 0 Å². The molecule has 0 spiro atoms. The molecule has 2 rings (SSSR count). The van der Waals surface area contributed by atoms with E-state index in [9.17, 15) is 9.13 Å². The first-order chi connectivity index (χ1) is 20.9. The highest BCUT2D eigenvalue weighted by Gasteiger charge is 2.00. The van der Waals surface area contributed by atoms with Crippen LogP contribution in [-0.2, 0) is 20.1 Å². The van der Waals surface area contributed by atoms with Gasteiger partial charge in [-0.25, -0.2) is 0 Å². The molecule has 40 heavy (non-hydrogen) atoms. The highest BCUT2D eigenvalue weighted by atomic mass is 31.1. The summed E-state index contributed by atoms with van der Waals surface area (Å²) >= 11 is 0. The van der Waals surface area contributed by atoms with Crippen LogP contribution in [0.15, 0.2) is 60.7 Å². The fraction of sp³-hybridized carbons (Fsp3) is 0.571. The van der Waals surface area contributed by atoms with Gasteiger partial charge in [-0.2, -0.15) is 0 Å². The Kier molecular flexibility index (Phi) is 106. The molecule has 7 N–H and O–H groups in total. The first kappa shape index (κ1) is 55.1. The molecule has 2 aromatic rings. The van der Waals surface area contributed by atoms with Gasteiger partial charge in [-0.1, -0.05) is 121 Å². The zero-order chi connectivity index (χ0) is 36.9. The monoisotopic (exact) mass is 677 g/mol. The Morgan fingerprint density at radius 2 is 1.15 bits per heavy atom. The van der Waals surface area contributed by atoms with Gasteiger partial charge in [0.25, 0.3) is 0 Å². The Morgan fingerprint density at radius 3 is 1.32 bits per heavy atom. The summed E-state index contributed by atoms with van der Waals surface area (Å²) in [6, 6.07) is 18.8. The summed E-state index contributed by atoms with van der Waals surface area (Å²) < 4.78 is 58.8. The average Bonchev–Trinajstić information content (AvgIpc) is 3.13. The van der Waals surface area contributed by atoms with Crippen LogP contribution in [0.4, 0.5) is 4.70 Å². The number of hydrogen-bond donors (Lipinski definition) is 4. The second-order valence-corrected chi connectivity index (χ2v) is 7.73. The van der Waals surface area contributed by atoms with E-state index in [-0.39, 0.29) is 49.5 Å². The first-order valence-electron chi connectivity index (χ1n) is 15.7. The molecule has 254 valence electrons. The Hall–Kier alpha value is -0.930. The van der Waals surface area contributed by atoms with Crippen LogP contribution in [0, 0.1) is 0 Å². The van der Waals surface area contributed by atoms with Crippen molar-refractivity contribution in [3.05, 3.63) is 66.2 Å². The molecule has 0 saturated carbocycles. The van der Waals surface area contributed by atoms with Crippen LogP contribution in [0.2, 0.25) is 0 Å². The maximum absolute atomic E-state index is 10.4. The van der Waals surface area contributed by atoms with Crippen molar-refractivity contribution in [3.8, 4) is 5.75 Å². The van der Waals surface area contributed by atoms with E-state index >= 15 is 0 Å². The van der Waals surface area contributed by atoms with Crippen molar-refractivity contribution in [2.24, 2.45) is 5.73 Å². The summed E-state index contributed by atoms with van der Waals surface area (Å²) in [5, 5.41) is 8.63. The Morgan fingerprint density at radius 1 is 0.875 bits per heavy atom. The molecule has 0 heterocycles. The highest BCUT2D eigenvalue weighted by molar-refractivity contribution is 7.24. The van der Waals surface area contributed by atoms with Gasteiger partial charge in [-0.3, -0.25) is 13.8 Å². The minimum absolute atomic E-state index is 0. The van der Waals surface area contributed by atoms with Gasteiger partial charge in [-0.05, 0) is 47.4 Å². The summed E-state index contributed by atoms with van der Waals surface area (Å²) in [5.74, 6) is 0.123. The molecule has 0 fully saturated rings. The zero-order valence-corrected chi connectivity index (χ0v) is 30.3. The maximum atomic E-state index is 10.4. The lowest BCUT2D eigenvalue weighted by atomic mass is 10.1. The molecule has 0 aliphatic rings. The Labute approximate surface area is 270 Å². The third kappa shape index (κ3) is 83.2. The molecule has 12 heteroatoms. The molecule has 0 aliphatic carbocycles. The van der Waals surface area contributed by atoms with Crippen LogP contribution in [0.1, 0.15) is 103 Å². The molecule has 0 radical (unpaired) electrons. The van der Waals surface area contributed by atoms with Gasteiger partial charge < -0.3 is 26.4 Å². The van der Waals surface area contributed by atoms with Gasteiger partial charge in [0.15, 0.2) is 16.9 Å². The lowest BCUT2D eigenvalue weighted by Crippen LogP contribution is -2.03. The van der Waals surface area contributed by atoms with Crippen molar-refractivity contribution in [1.82, 2.24) is 6.15 Å². The predicted octanol–water partition coefficient (Wildman–Crippen LogP) is 11.8. The largest absolute Gasteiger partial charge is 0.508 e. The first-order valence-corrected chi connectivity index (χ1v) is 12.4. The van der Waals surface area contributed by atoms with Crippen molar-refractivity contribution in [3.63, 3.8) is 0 Å². The van der Waals surface area contributed by atoms with Gasteiger partial charge in [0.05, 0.1) is 5.78 Å². The van der Waals surface area contributed by atoms with E-state index in [2.05, 4.69) is 26.1 Å². The zero-order valence-electron chi connectivity index (χ0n) is 32.2. The van der Waals surface area contributed by atoms with E-state index in [0.29, 0.717) is 5.75 Å². The summed E-state index contributed by atoms with van der Waals surface area (Å²) in [4.78, 5) is 6.92. The van der Waals surface area contributed by atoms with Crippen LogP contribution in [0.5, 0.6) is 5.75 Å². The highest BCUT2D eigenvalue weighted by Crippen LogP contribution is 2.12. The second-order valence-electron chi connectivity index (χ2n) is 5.28. The average molecular weight is 677 g/mol. The molecule has 0 aliphatic heterocycles. The smallest absolute Gasteiger partial charge is 0.173 e. The Balaban J connectivity index is -0.0000000204. The number of hydrogen-bond acceptors (Lipinski definition) is 7. The summed E-state index contributed by atoms with van der Waals surface area (Å²) in [5.41, 5.74) is 6.45. The molecule has 0 bridgehead atoms. The van der Waals surface area contributed by atoms with Crippen molar-refractivity contribution in [2.75, 3.05) is 6.61 Å². The normalized spacial score (nSPS) is 9.18. The topological polar surface area (TPSA) is 145 Å². The second kappa shape index (κ2) is 77.0. The van der Waals surface area contributed by atoms with Gasteiger partial charge in [0, 0.05) is 32.8 Å². The summed E-state index contributed by atoms with van der Waals surface area (Å²) in [7, 11) is 11.3. The van der Waals surface area contributed by atoms with Crippen LogP contribution in [-0.4, -0.2) is 28.0 Å². The van der Waals surface area contributed by atoms with E-state index < -0.39 is 0 Å². The van der Waals surface area contributed by atoms with E-state index in [1.54, 1.807) is 31.2 Å². The molecule has 7 nitrogen and oxygen atoms in total. The SMILES string of the molecule is C.CC.CC(Cc1ccccc1)P=O.CC(N)P=O.CCOP.F.N.OP.Oc1ccccc1.[2HH].[2HH].[3H]C.[3H]C.[3H]C.[3H]C.[3H]C.[3H]C. The number of rotatable bonds is 5. The third-order valence-corrected chi connectivity index (χ3v) is 3.85. The van der Waals surface area contributed by atoms with Gasteiger partial charge in [-0.15, -0.1) is 0 Å². The molecular formula is C28H75FN2O5P4. The molecule has 0 aromatic heterocycles.